The molecule has 0 atom stereocenters. The summed E-state index contributed by atoms with van der Waals surface area (Å²) < 4.78 is 10.5. The lowest BCUT2D eigenvalue weighted by atomic mass is 10.1. The van der Waals surface area contributed by atoms with Crippen LogP contribution in [-0.2, 0) is 9.53 Å². The third-order valence-electron chi connectivity index (χ3n) is 3.12. The van der Waals surface area contributed by atoms with Gasteiger partial charge in [0, 0.05) is 12.0 Å². The summed E-state index contributed by atoms with van der Waals surface area (Å²) in [5.74, 6) is 0.502. The summed E-state index contributed by atoms with van der Waals surface area (Å²) in [5.41, 5.74) is 0.608. The second kappa shape index (κ2) is 10.9. The van der Waals surface area contributed by atoms with Crippen LogP contribution in [0.4, 0.5) is 0 Å². The molecule has 1 aromatic carbocycles. The molecule has 0 aliphatic rings. The van der Waals surface area contributed by atoms with Crippen molar-refractivity contribution < 1.29 is 19.1 Å². The van der Waals surface area contributed by atoms with Crippen molar-refractivity contribution in [2.45, 2.75) is 45.4 Å². The second-order valence-electron chi connectivity index (χ2n) is 4.92. The van der Waals surface area contributed by atoms with Crippen LogP contribution in [0.3, 0.4) is 0 Å². The van der Waals surface area contributed by atoms with E-state index < -0.39 is 0 Å². The molecular weight excluding hydrogens is 268 g/mol. The highest BCUT2D eigenvalue weighted by Gasteiger charge is 2.02. The molecule has 0 N–H and O–H groups in total. The monoisotopic (exact) mass is 292 g/mol. The minimum atomic E-state index is -0.161. The maximum absolute atomic E-state index is 11.5. The number of carbonyl (C=O) groups excluding carboxylic acids is 2. The summed E-state index contributed by atoms with van der Waals surface area (Å²) in [7, 11) is 0. The average Bonchev–Trinajstić information content (AvgIpc) is 2.52. The zero-order valence-electron chi connectivity index (χ0n) is 12.7. The van der Waals surface area contributed by atoms with E-state index >= 15 is 0 Å². The van der Waals surface area contributed by atoms with Gasteiger partial charge >= 0.3 is 5.97 Å². The summed E-state index contributed by atoms with van der Waals surface area (Å²) in [6, 6.07) is 6.81. The molecule has 1 aromatic rings. The quantitative estimate of drug-likeness (QED) is 0.354. The summed E-state index contributed by atoms with van der Waals surface area (Å²) in [4.78, 5) is 22.0. The number of aldehydes is 1. The zero-order valence-corrected chi connectivity index (χ0v) is 12.7. The largest absolute Gasteiger partial charge is 0.490 e. The molecule has 0 saturated carbocycles. The van der Waals surface area contributed by atoms with Crippen LogP contribution in [0.25, 0.3) is 0 Å². The van der Waals surface area contributed by atoms with E-state index in [0.717, 1.165) is 19.1 Å². The molecule has 0 unspecified atom stereocenters. The fraction of sp³-hybridized carbons (Fsp3) is 0.529. The topological polar surface area (TPSA) is 52.6 Å². The fourth-order valence-electron chi connectivity index (χ4n) is 1.90. The van der Waals surface area contributed by atoms with Crippen molar-refractivity contribution in [3.63, 3.8) is 0 Å². The molecule has 0 heterocycles. The van der Waals surface area contributed by atoms with Crippen molar-refractivity contribution in [3.8, 4) is 5.75 Å². The first kappa shape index (κ1) is 17.2. The van der Waals surface area contributed by atoms with E-state index in [2.05, 4.69) is 6.92 Å². The Hall–Kier alpha value is -1.84. The molecule has 116 valence electrons. The lowest BCUT2D eigenvalue weighted by Gasteiger charge is -2.07. The van der Waals surface area contributed by atoms with Gasteiger partial charge in [-0.3, -0.25) is 9.59 Å². The number of hydrogen-bond donors (Lipinski definition) is 0. The van der Waals surface area contributed by atoms with E-state index in [1.807, 2.05) is 0 Å². The van der Waals surface area contributed by atoms with Crippen LogP contribution in [0.2, 0.25) is 0 Å². The van der Waals surface area contributed by atoms with E-state index in [9.17, 15) is 9.59 Å². The number of unbranched alkanes of at least 4 members (excludes halogenated alkanes) is 4. The Kier molecular flexibility index (Phi) is 8.93. The Morgan fingerprint density at radius 3 is 2.43 bits per heavy atom. The van der Waals surface area contributed by atoms with Crippen LogP contribution in [0.5, 0.6) is 5.75 Å². The van der Waals surface area contributed by atoms with Crippen molar-refractivity contribution >= 4 is 12.3 Å². The van der Waals surface area contributed by atoms with Gasteiger partial charge in [-0.25, -0.2) is 0 Å². The minimum Gasteiger partial charge on any atom is -0.490 e. The van der Waals surface area contributed by atoms with Crippen molar-refractivity contribution in [2.75, 3.05) is 13.2 Å². The summed E-state index contributed by atoms with van der Waals surface area (Å²) in [5, 5.41) is 0. The van der Waals surface area contributed by atoms with Crippen LogP contribution in [0.1, 0.15) is 55.8 Å². The molecule has 0 fully saturated rings. The van der Waals surface area contributed by atoms with Gasteiger partial charge in [0.25, 0.3) is 0 Å². The van der Waals surface area contributed by atoms with Crippen molar-refractivity contribution in [1.82, 2.24) is 0 Å². The molecule has 0 amide bonds. The second-order valence-corrected chi connectivity index (χ2v) is 4.92. The predicted octanol–water partition coefficient (Wildman–Crippen LogP) is 3.78. The highest BCUT2D eigenvalue weighted by atomic mass is 16.6. The Balaban J connectivity index is 2.04. The molecule has 4 nitrogen and oxygen atoms in total. The number of benzene rings is 1. The molecule has 0 bridgehead atoms. The van der Waals surface area contributed by atoms with Crippen molar-refractivity contribution in [3.05, 3.63) is 29.8 Å². The van der Waals surface area contributed by atoms with Crippen LogP contribution >= 0.6 is 0 Å². The first-order chi connectivity index (χ1) is 10.3. The molecule has 0 aromatic heterocycles. The first-order valence-corrected chi connectivity index (χ1v) is 7.60. The van der Waals surface area contributed by atoms with Crippen LogP contribution in [-0.4, -0.2) is 25.5 Å². The molecule has 21 heavy (non-hydrogen) atoms. The number of rotatable bonds is 11. The maximum Gasteiger partial charge on any atom is 0.305 e. The van der Waals surface area contributed by atoms with Crippen molar-refractivity contribution in [1.29, 1.82) is 0 Å². The lowest BCUT2D eigenvalue weighted by Crippen LogP contribution is -2.12. The van der Waals surface area contributed by atoms with Crippen LogP contribution in [0.15, 0.2) is 24.3 Å². The lowest BCUT2D eigenvalue weighted by molar-refractivity contribution is -0.144. The molecule has 0 radical (unpaired) electrons. The average molecular weight is 292 g/mol. The third-order valence-corrected chi connectivity index (χ3v) is 3.12. The van der Waals surface area contributed by atoms with E-state index in [0.29, 0.717) is 24.3 Å². The van der Waals surface area contributed by atoms with E-state index in [4.69, 9.17) is 9.47 Å². The summed E-state index contributed by atoms with van der Waals surface area (Å²) in [6.07, 6.45) is 6.87. The van der Waals surface area contributed by atoms with Gasteiger partial charge in [-0.1, -0.05) is 32.6 Å². The Morgan fingerprint density at radius 2 is 1.76 bits per heavy atom. The standard InChI is InChI=1S/C17H24O4/c1-2-3-4-5-6-7-17(19)21-13-12-20-16-10-8-15(14-18)9-11-16/h8-11,14H,2-7,12-13H2,1H3. The Morgan fingerprint density at radius 1 is 1.05 bits per heavy atom. The van der Waals surface area contributed by atoms with E-state index in [-0.39, 0.29) is 12.6 Å². The number of esters is 1. The zero-order chi connectivity index (χ0) is 15.3. The summed E-state index contributed by atoms with van der Waals surface area (Å²) >= 11 is 0. The van der Waals surface area contributed by atoms with Crippen molar-refractivity contribution in [2.24, 2.45) is 0 Å². The van der Waals surface area contributed by atoms with Gasteiger partial charge in [-0.05, 0) is 30.7 Å². The number of ether oxygens (including phenoxy) is 2. The first-order valence-electron chi connectivity index (χ1n) is 7.60. The van der Waals surface area contributed by atoms with Gasteiger partial charge in [0.15, 0.2) is 0 Å². The molecule has 1 rings (SSSR count). The Labute approximate surface area is 126 Å². The fourth-order valence-corrected chi connectivity index (χ4v) is 1.90. The van der Waals surface area contributed by atoms with Gasteiger partial charge < -0.3 is 9.47 Å². The normalized spacial score (nSPS) is 10.1. The molecule has 4 heteroatoms. The van der Waals surface area contributed by atoms with Gasteiger partial charge in [-0.2, -0.15) is 0 Å². The molecule has 0 aliphatic heterocycles. The minimum absolute atomic E-state index is 0.161. The molecule has 0 spiro atoms. The smallest absolute Gasteiger partial charge is 0.305 e. The number of hydrogen-bond acceptors (Lipinski definition) is 4. The molecule has 0 saturated heterocycles. The van der Waals surface area contributed by atoms with Gasteiger partial charge in [0.1, 0.15) is 25.2 Å². The summed E-state index contributed by atoms with van der Waals surface area (Å²) in [6.45, 7) is 2.74. The van der Waals surface area contributed by atoms with Crippen LogP contribution < -0.4 is 4.74 Å². The predicted molar refractivity (Wildman–Crippen MR) is 81.7 cm³/mol. The third kappa shape index (κ3) is 8.12. The highest BCUT2D eigenvalue weighted by Crippen LogP contribution is 2.11. The SMILES string of the molecule is CCCCCCCC(=O)OCCOc1ccc(C=O)cc1. The highest BCUT2D eigenvalue weighted by molar-refractivity contribution is 5.74. The number of carbonyl (C=O) groups is 2. The van der Waals surface area contributed by atoms with Crippen LogP contribution in [0, 0.1) is 0 Å². The molecule has 0 aliphatic carbocycles. The maximum atomic E-state index is 11.5. The Bertz CT molecular complexity index is 411. The van der Waals surface area contributed by atoms with Gasteiger partial charge in [-0.15, -0.1) is 0 Å². The van der Waals surface area contributed by atoms with Gasteiger partial charge in [0.05, 0.1) is 0 Å². The van der Waals surface area contributed by atoms with E-state index in [1.165, 1.54) is 19.3 Å². The molecular formula is C17H24O4. The van der Waals surface area contributed by atoms with Gasteiger partial charge in [0.2, 0.25) is 0 Å². The van der Waals surface area contributed by atoms with E-state index in [1.54, 1.807) is 24.3 Å².